The molecule has 0 amide bonds. The maximum Gasteiger partial charge on any atom is 0.319 e. The average Bonchev–Trinajstić information content (AvgIpc) is 2.41. The molecule has 0 saturated heterocycles. The van der Waals surface area contributed by atoms with E-state index in [1.54, 1.807) is 12.4 Å². The Hall–Kier alpha value is -1.01. The molecule has 0 N–H and O–H groups in total. The maximum absolute atomic E-state index is 11.4. The highest BCUT2D eigenvalue weighted by atomic mass is 79.9. The third kappa shape index (κ3) is 2.70. The van der Waals surface area contributed by atoms with Gasteiger partial charge in [0, 0.05) is 16.9 Å². The first-order valence-electron chi connectivity index (χ1n) is 5.23. The second-order valence-corrected chi connectivity index (χ2v) is 5.56. The third-order valence-electron chi connectivity index (χ3n) is 2.51. The number of methoxy groups -OCH3 is 1. The molecule has 0 bridgehead atoms. The van der Waals surface area contributed by atoms with Crippen LogP contribution in [0, 0.1) is 0 Å². The highest BCUT2D eigenvalue weighted by molar-refractivity contribution is 9.10. The van der Waals surface area contributed by atoms with Crippen LogP contribution in [0.15, 0.2) is 29.0 Å². The number of nitrogens with zero attached hydrogens (tertiary/aromatic N) is 2. The zero-order valence-electron chi connectivity index (χ0n) is 9.56. The molecule has 2 rings (SSSR count). The number of fused-ring (bicyclic) bond motifs is 1. The molecule has 0 spiro atoms. The zero-order chi connectivity index (χ0) is 13.1. The summed E-state index contributed by atoms with van der Waals surface area (Å²) in [5.41, 5.74) is 2.59. The van der Waals surface area contributed by atoms with E-state index >= 15 is 0 Å². The molecule has 2 aromatic rings. The number of hydrogen-bond acceptors (Lipinski definition) is 4. The molecule has 0 saturated carbocycles. The topological polar surface area (TPSA) is 52.1 Å². The minimum atomic E-state index is -0.368. The van der Waals surface area contributed by atoms with Gasteiger partial charge in [-0.2, -0.15) is 0 Å². The number of aromatic nitrogens is 2. The average molecular weight is 374 g/mol. The number of alkyl halides is 1. The summed E-state index contributed by atoms with van der Waals surface area (Å²) >= 11 is 6.81. The lowest BCUT2D eigenvalue weighted by Gasteiger charge is -2.10. The first-order chi connectivity index (χ1) is 8.63. The van der Waals surface area contributed by atoms with Crippen LogP contribution < -0.4 is 0 Å². The number of halogens is 2. The molecule has 18 heavy (non-hydrogen) atoms. The number of ether oxygens (including phenoxy) is 1. The third-order valence-corrected chi connectivity index (χ3v) is 4.10. The monoisotopic (exact) mass is 372 g/mol. The predicted octanol–water partition coefficient (Wildman–Crippen LogP) is 2.87. The second-order valence-electron chi connectivity index (χ2n) is 3.66. The van der Waals surface area contributed by atoms with E-state index < -0.39 is 0 Å². The van der Waals surface area contributed by atoms with Gasteiger partial charge in [-0.25, -0.2) is 0 Å². The van der Waals surface area contributed by atoms with Crippen molar-refractivity contribution in [3.8, 4) is 0 Å². The van der Waals surface area contributed by atoms with Crippen molar-refractivity contribution < 1.29 is 9.53 Å². The van der Waals surface area contributed by atoms with E-state index in [0.29, 0.717) is 6.42 Å². The van der Waals surface area contributed by atoms with Gasteiger partial charge in [0.15, 0.2) is 0 Å². The van der Waals surface area contributed by atoms with Crippen molar-refractivity contribution in [3.05, 3.63) is 34.6 Å². The first kappa shape index (κ1) is 13.4. The van der Waals surface area contributed by atoms with Crippen molar-refractivity contribution in [2.75, 3.05) is 7.11 Å². The Morgan fingerprint density at radius 1 is 1.39 bits per heavy atom. The largest absolute Gasteiger partial charge is 0.468 e. The number of carbonyl (C=O) groups excluding carboxylic acids is 1. The SMILES string of the molecule is COC(=O)C(Br)Cc1ccc2nccnc2c1Br. The summed E-state index contributed by atoms with van der Waals surface area (Å²) < 4.78 is 5.54. The predicted molar refractivity (Wildman–Crippen MR) is 75.7 cm³/mol. The lowest BCUT2D eigenvalue weighted by atomic mass is 10.1. The number of hydrogen-bond donors (Lipinski definition) is 0. The highest BCUT2D eigenvalue weighted by Gasteiger charge is 2.18. The Balaban J connectivity index is 2.35. The molecule has 1 unspecified atom stereocenters. The van der Waals surface area contributed by atoms with Crippen molar-refractivity contribution in [2.45, 2.75) is 11.2 Å². The van der Waals surface area contributed by atoms with E-state index in [1.807, 2.05) is 12.1 Å². The van der Waals surface area contributed by atoms with Crippen LogP contribution in [0.4, 0.5) is 0 Å². The molecule has 1 atom stereocenters. The fourth-order valence-corrected chi connectivity index (χ4v) is 2.74. The van der Waals surface area contributed by atoms with Gasteiger partial charge < -0.3 is 4.74 Å². The minimum absolute atomic E-state index is 0.291. The van der Waals surface area contributed by atoms with Gasteiger partial charge in [-0.05, 0) is 34.0 Å². The number of esters is 1. The van der Waals surface area contributed by atoms with Crippen molar-refractivity contribution in [2.24, 2.45) is 0 Å². The molecule has 6 heteroatoms. The molecule has 94 valence electrons. The summed E-state index contributed by atoms with van der Waals surface area (Å²) in [7, 11) is 1.37. The second kappa shape index (κ2) is 5.75. The Bertz CT molecular complexity index is 589. The van der Waals surface area contributed by atoms with E-state index in [1.165, 1.54) is 7.11 Å². The van der Waals surface area contributed by atoms with Crippen LogP contribution in [0.5, 0.6) is 0 Å². The Morgan fingerprint density at radius 2 is 2.11 bits per heavy atom. The van der Waals surface area contributed by atoms with Crippen LogP contribution in [0.3, 0.4) is 0 Å². The van der Waals surface area contributed by atoms with Gasteiger partial charge >= 0.3 is 5.97 Å². The van der Waals surface area contributed by atoms with Crippen LogP contribution in [0.25, 0.3) is 11.0 Å². The summed E-state index contributed by atoms with van der Waals surface area (Å²) in [6, 6.07) is 3.82. The summed E-state index contributed by atoms with van der Waals surface area (Å²) in [6.07, 6.45) is 3.82. The highest BCUT2D eigenvalue weighted by Crippen LogP contribution is 2.27. The molecule has 0 aliphatic heterocycles. The van der Waals surface area contributed by atoms with E-state index in [2.05, 4.69) is 46.6 Å². The fraction of sp³-hybridized carbons (Fsp3) is 0.250. The van der Waals surface area contributed by atoms with Crippen LogP contribution >= 0.6 is 31.9 Å². The van der Waals surface area contributed by atoms with Gasteiger partial charge in [0.1, 0.15) is 10.3 Å². The van der Waals surface area contributed by atoms with Gasteiger partial charge in [-0.15, -0.1) is 0 Å². The smallest absolute Gasteiger partial charge is 0.319 e. The molecular weight excluding hydrogens is 364 g/mol. The molecule has 0 radical (unpaired) electrons. The van der Waals surface area contributed by atoms with Crippen molar-refractivity contribution in [3.63, 3.8) is 0 Å². The zero-order valence-corrected chi connectivity index (χ0v) is 12.7. The molecule has 1 aromatic carbocycles. The van der Waals surface area contributed by atoms with Gasteiger partial charge in [-0.3, -0.25) is 14.8 Å². The Kier molecular flexibility index (Phi) is 4.29. The van der Waals surface area contributed by atoms with Crippen molar-refractivity contribution >= 4 is 48.9 Å². The number of benzene rings is 1. The van der Waals surface area contributed by atoms with Crippen LogP contribution in [0.2, 0.25) is 0 Å². The van der Waals surface area contributed by atoms with Crippen molar-refractivity contribution in [1.29, 1.82) is 0 Å². The standard InChI is InChI=1S/C12H10Br2N2O2/c1-18-12(17)8(13)6-7-2-3-9-11(10(7)14)16-5-4-15-9/h2-5,8H,6H2,1H3. The molecule has 0 aliphatic carbocycles. The van der Waals surface area contributed by atoms with Crippen molar-refractivity contribution in [1.82, 2.24) is 9.97 Å². The minimum Gasteiger partial charge on any atom is -0.468 e. The Labute approximate surface area is 121 Å². The van der Waals surface area contributed by atoms with Gasteiger partial charge in [0.05, 0.1) is 12.6 Å². The summed E-state index contributed by atoms with van der Waals surface area (Å²) in [6.45, 7) is 0. The van der Waals surface area contributed by atoms with Gasteiger partial charge in [-0.1, -0.05) is 22.0 Å². The quantitative estimate of drug-likeness (QED) is 0.613. The molecule has 1 aromatic heterocycles. The van der Waals surface area contributed by atoms with E-state index in [9.17, 15) is 4.79 Å². The normalized spacial score (nSPS) is 12.4. The van der Waals surface area contributed by atoms with E-state index in [0.717, 1.165) is 21.1 Å². The lowest BCUT2D eigenvalue weighted by molar-refractivity contribution is -0.139. The van der Waals surface area contributed by atoms with Crippen LogP contribution in [-0.2, 0) is 16.0 Å². The number of rotatable bonds is 3. The maximum atomic E-state index is 11.4. The van der Waals surface area contributed by atoms with Crippen LogP contribution in [-0.4, -0.2) is 27.9 Å². The van der Waals surface area contributed by atoms with E-state index in [-0.39, 0.29) is 10.8 Å². The molecule has 1 heterocycles. The number of carbonyl (C=O) groups is 1. The summed E-state index contributed by atoms with van der Waals surface area (Å²) in [4.78, 5) is 19.5. The Morgan fingerprint density at radius 3 is 2.83 bits per heavy atom. The van der Waals surface area contributed by atoms with Gasteiger partial charge in [0.25, 0.3) is 0 Å². The lowest BCUT2D eigenvalue weighted by Crippen LogP contribution is -2.18. The molecule has 0 aliphatic rings. The molecular formula is C12H10Br2N2O2. The summed E-state index contributed by atoms with van der Waals surface area (Å²) in [5.74, 6) is -0.291. The molecule has 4 nitrogen and oxygen atoms in total. The van der Waals surface area contributed by atoms with Gasteiger partial charge in [0.2, 0.25) is 0 Å². The molecule has 0 fully saturated rings. The van der Waals surface area contributed by atoms with Crippen LogP contribution in [0.1, 0.15) is 5.56 Å². The van der Waals surface area contributed by atoms with E-state index in [4.69, 9.17) is 0 Å². The fourth-order valence-electron chi connectivity index (χ4n) is 1.61. The first-order valence-corrected chi connectivity index (χ1v) is 6.94. The summed E-state index contributed by atoms with van der Waals surface area (Å²) in [5, 5.41) is 0.